The van der Waals surface area contributed by atoms with Gasteiger partial charge in [0, 0.05) is 41.8 Å². The Bertz CT molecular complexity index is 1220. The quantitative estimate of drug-likeness (QED) is 0.668. The topological polar surface area (TPSA) is 43.1 Å². The molecule has 4 nitrogen and oxygen atoms in total. The molecule has 0 fully saturated rings. The van der Waals surface area contributed by atoms with Crippen molar-refractivity contribution in [2.45, 2.75) is 52.4 Å². The summed E-state index contributed by atoms with van der Waals surface area (Å²) in [5.41, 5.74) is 6.35. The number of nitrogens with one attached hydrogen (secondary N) is 3. The summed E-state index contributed by atoms with van der Waals surface area (Å²) >= 11 is 0. The molecule has 3 aliphatic rings. The van der Waals surface area contributed by atoms with Crippen molar-refractivity contribution in [1.29, 1.82) is 0 Å². The van der Waals surface area contributed by atoms with E-state index in [0.29, 0.717) is 6.42 Å². The van der Waals surface area contributed by atoms with Gasteiger partial charge < -0.3 is 20.5 Å². The van der Waals surface area contributed by atoms with Gasteiger partial charge in [0.1, 0.15) is 5.82 Å². The second kappa shape index (κ2) is 9.74. The molecule has 1 aromatic carbocycles. The molecule has 0 saturated carbocycles. The maximum Gasteiger partial charge on any atom is 0.114 e. The third-order valence-corrected chi connectivity index (χ3v) is 6.52. The summed E-state index contributed by atoms with van der Waals surface area (Å²) in [5.74, 6) is 1.20. The lowest BCUT2D eigenvalue weighted by molar-refractivity contribution is 0.352. The highest BCUT2D eigenvalue weighted by Crippen LogP contribution is 2.25. The van der Waals surface area contributed by atoms with Crippen molar-refractivity contribution in [2.24, 2.45) is 0 Å². The number of dihydropyridines is 1. The van der Waals surface area contributed by atoms with Crippen LogP contribution in [0.2, 0.25) is 0 Å². The van der Waals surface area contributed by atoms with Crippen LogP contribution < -0.4 is 26.1 Å². The number of hydrogen-bond donors (Lipinski definition) is 3. The summed E-state index contributed by atoms with van der Waals surface area (Å²) < 4.78 is 11.4. The molecule has 0 amide bonds. The van der Waals surface area contributed by atoms with Crippen LogP contribution in [0.5, 0.6) is 0 Å². The molecule has 174 valence electrons. The highest BCUT2D eigenvalue weighted by molar-refractivity contribution is 5.74. The van der Waals surface area contributed by atoms with Crippen LogP contribution in [0.3, 0.4) is 0 Å². The van der Waals surface area contributed by atoms with Gasteiger partial charge in [-0.15, -0.1) is 0 Å². The van der Waals surface area contributed by atoms with Crippen molar-refractivity contribution in [3.8, 4) is 0 Å². The number of nitrogens with zero attached hydrogens (tertiary/aromatic N) is 1. The van der Waals surface area contributed by atoms with Gasteiger partial charge in [-0.05, 0) is 44.4 Å². The molecule has 0 radical (unpaired) electrons. The Labute approximate surface area is 196 Å². The average molecular weight is 447 g/mol. The molecule has 3 unspecified atom stereocenters. The zero-order valence-electron chi connectivity index (χ0n) is 20.2. The minimum absolute atomic E-state index is 0.191. The second-order valence-corrected chi connectivity index (χ2v) is 9.09. The van der Waals surface area contributed by atoms with Gasteiger partial charge in [0.05, 0.1) is 23.6 Å². The van der Waals surface area contributed by atoms with Crippen molar-refractivity contribution in [1.82, 2.24) is 15.6 Å². The number of alkyl halides is 1. The summed E-state index contributed by atoms with van der Waals surface area (Å²) in [6.45, 7) is 8.67. The van der Waals surface area contributed by atoms with Crippen LogP contribution in [-0.2, 0) is 0 Å². The fourth-order valence-corrected chi connectivity index (χ4v) is 4.35. The van der Waals surface area contributed by atoms with E-state index in [9.17, 15) is 4.39 Å². The molecular formula is C28H35FN4. The maximum atomic E-state index is 11.4. The number of hydrogen-bond acceptors (Lipinski definition) is 3. The lowest BCUT2D eigenvalue weighted by Crippen LogP contribution is -2.49. The molecule has 3 aliphatic heterocycles. The number of allylic oxidation sites excluding steroid dienone is 2. The monoisotopic (exact) mass is 446 g/mol. The molecule has 4 heterocycles. The lowest BCUT2D eigenvalue weighted by atomic mass is 9.94. The van der Waals surface area contributed by atoms with Crippen LogP contribution >= 0.6 is 0 Å². The van der Waals surface area contributed by atoms with E-state index in [1.165, 1.54) is 39.0 Å². The van der Waals surface area contributed by atoms with Crippen LogP contribution in [0.15, 0.2) is 48.1 Å². The maximum absolute atomic E-state index is 11.4. The number of rotatable bonds is 3. The van der Waals surface area contributed by atoms with Gasteiger partial charge in [-0.1, -0.05) is 55.5 Å². The number of anilines is 1. The highest BCUT2D eigenvalue weighted by Gasteiger charge is 2.24. The number of aryl methyl sites for hydroxylation is 1. The SMILES string of the molecule is CC1=C(c2ccccc2C)NC(C2C=c3c4c([nH]c3=CN2)N(C)CC=C4)C=C1.CCC(C)F. The minimum Gasteiger partial charge on any atom is -0.381 e. The molecule has 3 N–H and O–H groups in total. The Balaban J connectivity index is 0.000000471. The van der Waals surface area contributed by atoms with E-state index in [2.05, 4.69) is 102 Å². The van der Waals surface area contributed by atoms with E-state index >= 15 is 0 Å². The van der Waals surface area contributed by atoms with Crippen LogP contribution in [0.4, 0.5) is 10.2 Å². The van der Waals surface area contributed by atoms with Gasteiger partial charge in [0.25, 0.3) is 0 Å². The largest absolute Gasteiger partial charge is 0.381 e. The van der Waals surface area contributed by atoms with E-state index in [4.69, 9.17) is 0 Å². The summed E-state index contributed by atoms with van der Waals surface area (Å²) in [6.07, 6.45) is 13.5. The van der Waals surface area contributed by atoms with Crippen LogP contribution in [0.1, 0.15) is 43.9 Å². The molecule has 33 heavy (non-hydrogen) atoms. The molecular weight excluding hydrogens is 411 g/mol. The van der Waals surface area contributed by atoms with Crippen LogP contribution in [0.25, 0.3) is 24.0 Å². The number of halogens is 1. The molecule has 0 saturated heterocycles. The number of H-pyrrole nitrogens is 1. The van der Waals surface area contributed by atoms with Crippen molar-refractivity contribution >= 4 is 29.9 Å². The first kappa shape index (κ1) is 23.0. The first-order valence-corrected chi connectivity index (χ1v) is 11.8. The number of fused-ring (bicyclic) bond motifs is 3. The first-order valence-electron chi connectivity index (χ1n) is 11.8. The predicted molar refractivity (Wildman–Crippen MR) is 139 cm³/mol. The van der Waals surface area contributed by atoms with Gasteiger partial charge in [0.2, 0.25) is 0 Å². The van der Waals surface area contributed by atoms with Gasteiger partial charge >= 0.3 is 0 Å². The van der Waals surface area contributed by atoms with Crippen molar-refractivity contribution in [2.75, 3.05) is 18.5 Å². The Kier molecular flexibility index (Phi) is 6.77. The zero-order valence-corrected chi connectivity index (χ0v) is 20.2. The van der Waals surface area contributed by atoms with Crippen molar-refractivity contribution < 1.29 is 4.39 Å². The Morgan fingerprint density at radius 1 is 1.15 bits per heavy atom. The van der Waals surface area contributed by atoms with E-state index in [1.807, 2.05) is 6.92 Å². The zero-order chi connectivity index (χ0) is 23.5. The molecule has 5 rings (SSSR count). The normalized spacial score (nSPS) is 21.5. The molecule has 0 spiro atoms. The standard InChI is InChI=1S/C24H26N4.C4H9F/c1-15-7-4-5-8-17(15)23-16(2)10-11-20(26-23)21-13-19-18-9-6-12-28(3)24(18)27-22(19)14-25-21;1-3-4(2)5/h4-11,13-14,20-21,25-27H,12H2,1-3H3;4H,3H2,1-2H3. The molecule has 1 aromatic heterocycles. The van der Waals surface area contributed by atoms with Gasteiger partial charge in [-0.25, -0.2) is 4.39 Å². The van der Waals surface area contributed by atoms with Crippen molar-refractivity contribution in [3.63, 3.8) is 0 Å². The fraction of sp³-hybridized carbons (Fsp3) is 0.357. The van der Waals surface area contributed by atoms with Crippen molar-refractivity contribution in [3.05, 3.63) is 75.3 Å². The molecule has 5 heteroatoms. The van der Waals surface area contributed by atoms with Crippen LogP contribution in [-0.4, -0.2) is 36.8 Å². The first-order chi connectivity index (χ1) is 15.9. The molecule has 2 aromatic rings. The fourth-order valence-electron chi connectivity index (χ4n) is 4.35. The number of likely N-dealkylation sites (N-methyl/N-ethyl adjacent to an activating group) is 1. The number of aromatic amines is 1. The highest BCUT2D eigenvalue weighted by atomic mass is 19.1. The average Bonchev–Trinajstić information content (AvgIpc) is 3.20. The summed E-state index contributed by atoms with van der Waals surface area (Å²) in [6, 6.07) is 8.96. The van der Waals surface area contributed by atoms with Gasteiger partial charge in [-0.2, -0.15) is 0 Å². The molecule has 0 aliphatic carbocycles. The number of benzene rings is 1. The minimum atomic E-state index is -0.616. The lowest BCUT2D eigenvalue weighted by Gasteiger charge is -2.31. The van der Waals surface area contributed by atoms with E-state index < -0.39 is 6.17 Å². The number of aromatic nitrogens is 1. The summed E-state index contributed by atoms with van der Waals surface area (Å²) in [7, 11) is 2.13. The van der Waals surface area contributed by atoms with E-state index in [-0.39, 0.29) is 12.1 Å². The Morgan fingerprint density at radius 3 is 2.64 bits per heavy atom. The Hall–Kier alpha value is -3.21. The smallest absolute Gasteiger partial charge is 0.114 e. The summed E-state index contributed by atoms with van der Waals surface area (Å²) in [5, 5.41) is 9.81. The third kappa shape index (κ3) is 4.77. The van der Waals surface area contributed by atoms with E-state index in [1.54, 1.807) is 6.92 Å². The molecule has 3 atom stereocenters. The van der Waals surface area contributed by atoms with E-state index in [0.717, 1.165) is 11.9 Å². The van der Waals surface area contributed by atoms with Gasteiger partial charge in [-0.3, -0.25) is 0 Å². The van der Waals surface area contributed by atoms with Crippen LogP contribution in [0, 0.1) is 6.92 Å². The predicted octanol–water partition coefficient (Wildman–Crippen LogP) is 3.99. The van der Waals surface area contributed by atoms with Gasteiger partial charge in [0.15, 0.2) is 0 Å². The Morgan fingerprint density at radius 2 is 1.91 bits per heavy atom. The molecule has 0 bridgehead atoms. The third-order valence-electron chi connectivity index (χ3n) is 6.52. The summed E-state index contributed by atoms with van der Waals surface area (Å²) in [4.78, 5) is 5.81. The second-order valence-electron chi connectivity index (χ2n) is 9.09.